The molecule has 0 N–H and O–H groups in total. The first kappa shape index (κ1) is 13.6. The van der Waals surface area contributed by atoms with Crippen molar-refractivity contribution in [3.63, 3.8) is 0 Å². The molecule has 0 saturated heterocycles. The molecule has 0 atom stereocenters. The Morgan fingerprint density at radius 2 is 2.00 bits per heavy atom. The number of aromatic nitrogens is 1. The van der Waals surface area contributed by atoms with Crippen molar-refractivity contribution in [1.29, 1.82) is 0 Å². The third-order valence-electron chi connectivity index (χ3n) is 3.33. The molecule has 1 heterocycles. The van der Waals surface area contributed by atoms with Crippen LogP contribution >= 0.6 is 11.6 Å². The van der Waals surface area contributed by atoms with Gasteiger partial charge in [-0.1, -0.05) is 29.8 Å². The number of ketones is 1. The quantitative estimate of drug-likeness (QED) is 0.682. The Balaban J connectivity index is 2.17. The van der Waals surface area contributed by atoms with Crippen molar-refractivity contribution in [2.75, 3.05) is 7.11 Å². The molecular formula is C17H12ClNO2. The molecule has 0 aliphatic heterocycles. The number of carbonyl (C=O) groups excluding carboxylic acids is 1. The highest BCUT2D eigenvalue weighted by molar-refractivity contribution is 6.31. The Hall–Kier alpha value is -2.39. The first-order valence-electron chi connectivity index (χ1n) is 6.41. The van der Waals surface area contributed by atoms with Crippen molar-refractivity contribution in [1.82, 2.24) is 4.98 Å². The van der Waals surface area contributed by atoms with E-state index in [2.05, 4.69) is 4.98 Å². The lowest BCUT2D eigenvalue weighted by atomic mass is 9.98. The Morgan fingerprint density at radius 1 is 1.14 bits per heavy atom. The molecule has 2 aromatic carbocycles. The minimum absolute atomic E-state index is 0.0969. The highest BCUT2D eigenvalue weighted by Gasteiger charge is 2.17. The topological polar surface area (TPSA) is 39.2 Å². The summed E-state index contributed by atoms with van der Waals surface area (Å²) in [5.74, 6) is 0.374. The van der Waals surface area contributed by atoms with Gasteiger partial charge in [-0.3, -0.25) is 9.78 Å². The fraction of sp³-hybridized carbons (Fsp3) is 0.0588. The Bertz CT molecular complexity index is 825. The van der Waals surface area contributed by atoms with Crippen molar-refractivity contribution in [3.05, 3.63) is 71.0 Å². The van der Waals surface area contributed by atoms with Gasteiger partial charge in [0.15, 0.2) is 5.78 Å². The van der Waals surface area contributed by atoms with Crippen LogP contribution in [0.25, 0.3) is 10.8 Å². The van der Waals surface area contributed by atoms with Gasteiger partial charge in [-0.15, -0.1) is 0 Å². The predicted molar refractivity (Wildman–Crippen MR) is 83.2 cm³/mol. The van der Waals surface area contributed by atoms with E-state index in [9.17, 15) is 4.79 Å². The molecular weight excluding hydrogens is 286 g/mol. The van der Waals surface area contributed by atoms with Gasteiger partial charge in [0.2, 0.25) is 0 Å². The second-order valence-electron chi connectivity index (χ2n) is 4.58. The van der Waals surface area contributed by atoms with Gasteiger partial charge in [0.25, 0.3) is 0 Å². The lowest BCUT2D eigenvalue weighted by molar-refractivity contribution is 0.103. The van der Waals surface area contributed by atoms with Crippen molar-refractivity contribution < 1.29 is 9.53 Å². The van der Waals surface area contributed by atoms with Crippen LogP contribution in [0.5, 0.6) is 5.75 Å². The smallest absolute Gasteiger partial charge is 0.197 e. The third kappa shape index (κ3) is 2.48. The number of rotatable bonds is 3. The molecule has 3 nitrogen and oxygen atoms in total. The van der Waals surface area contributed by atoms with Gasteiger partial charge in [-0.25, -0.2) is 0 Å². The van der Waals surface area contributed by atoms with Crippen LogP contribution in [0.4, 0.5) is 0 Å². The number of benzene rings is 2. The van der Waals surface area contributed by atoms with Gasteiger partial charge < -0.3 is 4.74 Å². The summed E-state index contributed by atoms with van der Waals surface area (Å²) in [5, 5.41) is 2.33. The zero-order valence-corrected chi connectivity index (χ0v) is 12.1. The van der Waals surface area contributed by atoms with Crippen LogP contribution in [-0.4, -0.2) is 17.9 Å². The summed E-state index contributed by atoms with van der Waals surface area (Å²) in [7, 11) is 1.52. The normalized spacial score (nSPS) is 10.6. The molecule has 0 amide bonds. The minimum atomic E-state index is -0.0969. The van der Waals surface area contributed by atoms with E-state index >= 15 is 0 Å². The molecule has 0 aliphatic rings. The van der Waals surface area contributed by atoms with E-state index < -0.39 is 0 Å². The first-order chi connectivity index (χ1) is 10.2. The molecule has 104 valence electrons. The van der Waals surface area contributed by atoms with Crippen LogP contribution in [0.2, 0.25) is 5.02 Å². The standard InChI is InChI=1S/C17H12ClNO2/c1-21-16-9-12(18)5-6-15(16)17(20)14-4-2-3-11-10-19-8-7-13(11)14/h2-10H,1H3. The van der Waals surface area contributed by atoms with E-state index in [1.807, 2.05) is 18.2 Å². The number of carbonyl (C=O) groups is 1. The minimum Gasteiger partial charge on any atom is -0.496 e. The first-order valence-corrected chi connectivity index (χ1v) is 6.79. The van der Waals surface area contributed by atoms with Gasteiger partial charge in [-0.05, 0) is 29.7 Å². The highest BCUT2D eigenvalue weighted by Crippen LogP contribution is 2.28. The van der Waals surface area contributed by atoms with Crippen molar-refractivity contribution in [2.24, 2.45) is 0 Å². The number of pyridine rings is 1. The molecule has 1 aromatic heterocycles. The number of fused-ring (bicyclic) bond motifs is 1. The molecule has 0 saturated carbocycles. The zero-order valence-electron chi connectivity index (χ0n) is 11.3. The zero-order chi connectivity index (χ0) is 14.8. The van der Waals surface area contributed by atoms with Crippen LogP contribution in [0.1, 0.15) is 15.9 Å². The fourth-order valence-corrected chi connectivity index (χ4v) is 2.48. The summed E-state index contributed by atoms with van der Waals surface area (Å²) in [6.45, 7) is 0. The molecule has 3 rings (SSSR count). The second-order valence-corrected chi connectivity index (χ2v) is 5.01. The van der Waals surface area contributed by atoms with Gasteiger partial charge in [0.1, 0.15) is 5.75 Å². The van der Waals surface area contributed by atoms with E-state index in [-0.39, 0.29) is 5.78 Å². The number of halogens is 1. The SMILES string of the molecule is COc1cc(Cl)ccc1C(=O)c1cccc2cnccc12. The second kappa shape index (κ2) is 5.54. The van der Waals surface area contributed by atoms with Crippen LogP contribution in [0, 0.1) is 0 Å². The van der Waals surface area contributed by atoms with Gasteiger partial charge in [-0.2, -0.15) is 0 Å². The van der Waals surface area contributed by atoms with Gasteiger partial charge in [0.05, 0.1) is 12.7 Å². The summed E-state index contributed by atoms with van der Waals surface area (Å²) in [4.78, 5) is 16.9. The van der Waals surface area contributed by atoms with Crippen LogP contribution < -0.4 is 4.74 Å². The molecule has 0 aliphatic carbocycles. The maximum atomic E-state index is 12.8. The maximum absolute atomic E-state index is 12.8. The average Bonchev–Trinajstić information content (AvgIpc) is 2.53. The average molecular weight is 298 g/mol. The molecule has 21 heavy (non-hydrogen) atoms. The van der Waals surface area contributed by atoms with Crippen LogP contribution in [-0.2, 0) is 0 Å². The van der Waals surface area contributed by atoms with Gasteiger partial charge >= 0.3 is 0 Å². The predicted octanol–water partition coefficient (Wildman–Crippen LogP) is 4.13. The van der Waals surface area contributed by atoms with Crippen molar-refractivity contribution in [2.45, 2.75) is 0 Å². The fourth-order valence-electron chi connectivity index (χ4n) is 2.32. The number of methoxy groups -OCH3 is 1. The summed E-state index contributed by atoms with van der Waals surface area (Å²) < 4.78 is 5.26. The molecule has 0 fully saturated rings. The Labute approximate surface area is 127 Å². The van der Waals surface area contributed by atoms with E-state index in [4.69, 9.17) is 16.3 Å². The monoisotopic (exact) mass is 297 g/mol. The Morgan fingerprint density at radius 3 is 2.81 bits per heavy atom. The van der Waals surface area contributed by atoms with Crippen LogP contribution in [0.3, 0.4) is 0 Å². The third-order valence-corrected chi connectivity index (χ3v) is 3.57. The van der Waals surface area contributed by atoms with E-state index in [0.717, 1.165) is 10.8 Å². The number of nitrogens with zero attached hydrogens (tertiary/aromatic N) is 1. The van der Waals surface area contributed by atoms with E-state index in [1.54, 1.807) is 36.7 Å². The maximum Gasteiger partial charge on any atom is 0.197 e. The molecule has 0 radical (unpaired) electrons. The summed E-state index contributed by atoms with van der Waals surface area (Å²) in [6.07, 6.45) is 3.42. The van der Waals surface area contributed by atoms with Crippen molar-refractivity contribution in [3.8, 4) is 5.75 Å². The van der Waals surface area contributed by atoms with E-state index in [1.165, 1.54) is 7.11 Å². The largest absolute Gasteiger partial charge is 0.496 e. The lowest BCUT2D eigenvalue weighted by Crippen LogP contribution is -2.04. The summed E-state index contributed by atoms with van der Waals surface area (Å²) >= 11 is 5.94. The molecule has 0 unspecified atom stereocenters. The Kier molecular flexibility index (Phi) is 3.59. The van der Waals surface area contributed by atoms with E-state index in [0.29, 0.717) is 21.9 Å². The molecule has 0 bridgehead atoms. The summed E-state index contributed by atoms with van der Waals surface area (Å²) in [5.41, 5.74) is 1.11. The highest BCUT2D eigenvalue weighted by atomic mass is 35.5. The van der Waals surface area contributed by atoms with Crippen molar-refractivity contribution >= 4 is 28.2 Å². The van der Waals surface area contributed by atoms with Gasteiger partial charge in [0, 0.05) is 28.4 Å². The lowest BCUT2D eigenvalue weighted by Gasteiger charge is -2.10. The summed E-state index contributed by atoms with van der Waals surface area (Å²) in [6, 6.07) is 12.4. The number of hydrogen-bond acceptors (Lipinski definition) is 3. The molecule has 0 spiro atoms. The number of hydrogen-bond donors (Lipinski definition) is 0. The number of ether oxygens (including phenoxy) is 1. The van der Waals surface area contributed by atoms with Crippen LogP contribution in [0.15, 0.2) is 54.9 Å². The molecule has 3 aromatic rings. The molecule has 4 heteroatoms.